The van der Waals surface area contributed by atoms with E-state index in [-0.39, 0.29) is 6.61 Å². The summed E-state index contributed by atoms with van der Waals surface area (Å²) in [6, 6.07) is 0. The molecule has 0 bridgehead atoms. The number of hydrogen-bond donors (Lipinski definition) is 2. The molecule has 1 heterocycles. The van der Waals surface area contributed by atoms with Crippen LogP contribution in [0.15, 0.2) is 0 Å². The molecular formula is C4H11O9P3. The lowest BCUT2D eigenvalue weighted by Gasteiger charge is -2.26. The van der Waals surface area contributed by atoms with Crippen molar-refractivity contribution in [2.24, 2.45) is 0 Å². The molecule has 0 aliphatic carbocycles. The van der Waals surface area contributed by atoms with Gasteiger partial charge in [-0.3, -0.25) is 4.52 Å². The SMILES string of the molecule is CCCCOP1(=O)OP(=O)(O)OP(=O)(O)O1. The summed E-state index contributed by atoms with van der Waals surface area (Å²) in [7, 11) is -14.3. The van der Waals surface area contributed by atoms with Crippen LogP contribution in [0.4, 0.5) is 0 Å². The molecule has 1 rings (SSSR count). The molecule has 0 aromatic carbocycles. The van der Waals surface area contributed by atoms with E-state index in [4.69, 9.17) is 9.79 Å². The van der Waals surface area contributed by atoms with Gasteiger partial charge in [0.05, 0.1) is 6.61 Å². The Labute approximate surface area is 91.5 Å². The second-order valence-electron chi connectivity index (χ2n) is 2.82. The molecule has 16 heavy (non-hydrogen) atoms. The summed E-state index contributed by atoms with van der Waals surface area (Å²) >= 11 is 0. The zero-order valence-electron chi connectivity index (χ0n) is 8.22. The summed E-state index contributed by atoms with van der Waals surface area (Å²) in [6.45, 7) is 1.71. The molecule has 0 spiro atoms. The molecule has 12 heteroatoms. The highest BCUT2D eigenvalue weighted by Crippen LogP contribution is 2.79. The van der Waals surface area contributed by atoms with Gasteiger partial charge in [-0.25, -0.2) is 13.7 Å². The third-order valence-corrected chi connectivity index (χ3v) is 6.76. The lowest BCUT2D eigenvalue weighted by atomic mass is 10.4. The minimum absolute atomic E-state index is 0.103. The normalized spacial score (nSPS) is 44.4. The third kappa shape index (κ3) is 4.37. The minimum atomic E-state index is -4.90. The zero-order valence-corrected chi connectivity index (χ0v) is 10.9. The van der Waals surface area contributed by atoms with E-state index in [0.717, 1.165) is 0 Å². The van der Waals surface area contributed by atoms with Crippen molar-refractivity contribution in [1.82, 2.24) is 0 Å². The van der Waals surface area contributed by atoms with Crippen LogP contribution in [0.5, 0.6) is 0 Å². The Morgan fingerprint density at radius 2 is 1.56 bits per heavy atom. The zero-order chi connectivity index (χ0) is 12.4. The number of unbranched alkanes of at least 4 members (excludes halogenated alkanes) is 1. The van der Waals surface area contributed by atoms with Crippen LogP contribution >= 0.6 is 23.5 Å². The summed E-state index contributed by atoms with van der Waals surface area (Å²) in [5.41, 5.74) is 0. The fourth-order valence-corrected chi connectivity index (χ4v) is 5.75. The quantitative estimate of drug-likeness (QED) is 0.592. The van der Waals surface area contributed by atoms with Gasteiger partial charge in [0.1, 0.15) is 0 Å². The molecule has 0 aromatic rings. The fourth-order valence-electron chi connectivity index (χ4n) is 0.796. The maximum Gasteiger partial charge on any atom is 0.492 e. The summed E-state index contributed by atoms with van der Waals surface area (Å²) in [5.74, 6) is 0. The molecule has 1 fully saturated rings. The van der Waals surface area contributed by atoms with Gasteiger partial charge in [-0.2, -0.15) is 12.9 Å². The Balaban J connectivity index is 2.76. The highest BCUT2D eigenvalue weighted by Gasteiger charge is 2.54. The Kier molecular flexibility index (Phi) is 4.52. The topological polar surface area (TPSA) is 129 Å². The van der Waals surface area contributed by atoms with E-state index in [9.17, 15) is 13.7 Å². The van der Waals surface area contributed by atoms with Crippen LogP contribution in [-0.4, -0.2) is 16.4 Å². The van der Waals surface area contributed by atoms with Crippen LogP contribution in [0.2, 0.25) is 0 Å². The molecule has 1 aliphatic rings. The smallest absolute Gasteiger partial charge is 0.302 e. The number of rotatable bonds is 4. The first-order valence-electron chi connectivity index (χ1n) is 4.22. The lowest BCUT2D eigenvalue weighted by Crippen LogP contribution is -2.06. The van der Waals surface area contributed by atoms with E-state index in [1.54, 1.807) is 0 Å². The molecular weight excluding hydrogens is 285 g/mol. The third-order valence-electron chi connectivity index (χ3n) is 1.36. The van der Waals surface area contributed by atoms with Gasteiger partial charge in [-0.15, -0.1) is 0 Å². The second-order valence-corrected chi connectivity index (χ2v) is 7.80. The average Bonchev–Trinajstić information content (AvgIpc) is 1.96. The van der Waals surface area contributed by atoms with Crippen molar-refractivity contribution in [2.75, 3.05) is 6.61 Å². The molecule has 0 radical (unpaired) electrons. The molecule has 2 N–H and O–H groups in total. The highest BCUT2D eigenvalue weighted by atomic mass is 31.3. The molecule has 0 saturated carbocycles. The van der Waals surface area contributed by atoms with E-state index in [1.807, 2.05) is 6.92 Å². The molecule has 1 saturated heterocycles. The van der Waals surface area contributed by atoms with Gasteiger partial charge in [0.25, 0.3) is 0 Å². The van der Waals surface area contributed by atoms with Gasteiger partial charge < -0.3 is 9.79 Å². The molecule has 96 valence electrons. The fraction of sp³-hybridized carbons (Fsp3) is 1.00. The standard InChI is InChI=1S/C4H11O9P3/c1-2-3-4-10-16(9)12-14(5,6)11-15(7,8)13-16/h2-4H2,1H3,(H,5,6)(H,7,8). The van der Waals surface area contributed by atoms with E-state index < -0.39 is 23.5 Å². The molecule has 9 nitrogen and oxygen atoms in total. The summed E-state index contributed by atoms with van der Waals surface area (Å²) < 4.78 is 49.7. The number of hydrogen-bond acceptors (Lipinski definition) is 7. The Bertz CT molecular complexity index is 362. The van der Waals surface area contributed by atoms with Crippen molar-refractivity contribution in [3.8, 4) is 0 Å². The summed E-state index contributed by atoms with van der Waals surface area (Å²) in [4.78, 5) is 17.7. The molecule has 1 aliphatic heterocycles. The molecule has 0 amide bonds. The van der Waals surface area contributed by atoms with Crippen LogP contribution in [0.25, 0.3) is 0 Å². The monoisotopic (exact) mass is 296 g/mol. The van der Waals surface area contributed by atoms with Crippen LogP contribution < -0.4 is 0 Å². The Hall–Kier alpha value is 0.450. The Morgan fingerprint density at radius 3 is 2.00 bits per heavy atom. The Morgan fingerprint density at radius 1 is 1.06 bits per heavy atom. The first-order chi connectivity index (χ1) is 7.18. The maximum absolute atomic E-state index is 11.5. The van der Waals surface area contributed by atoms with E-state index in [2.05, 4.69) is 17.5 Å². The van der Waals surface area contributed by atoms with E-state index >= 15 is 0 Å². The van der Waals surface area contributed by atoms with E-state index in [1.165, 1.54) is 0 Å². The van der Waals surface area contributed by atoms with Crippen LogP contribution in [0.1, 0.15) is 19.8 Å². The van der Waals surface area contributed by atoms with Crippen LogP contribution in [0, 0.1) is 0 Å². The van der Waals surface area contributed by atoms with Crippen molar-refractivity contribution < 1.29 is 40.9 Å². The molecule has 2 atom stereocenters. The first kappa shape index (κ1) is 14.5. The molecule has 2 unspecified atom stereocenters. The van der Waals surface area contributed by atoms with Crippen LogP contribution in [-0.2, 0) is 31.2 Å². The summed E-state index contributed by atoms with van der Waals surface area (Å²) in [5, 5.41) is 0. The first-order valence-corrected chi connectivity index (χ1v) is 8.67. The minimum Gasteiger partial charge on any atom is -0.302 e. The number of phosphoric acid groups is 3. The molecule has 0 aromatic heterocycles. The van der Waals surface area contributed by atoms with Gasteiger partial charge >= 0.3 is 23.5 Å². The van der Waals surface area contributed by atoms with Crippen molar-refractivity contribution >= 4 is 23.5 Å². The maximum atomic E-state index is 11.5. The van der Waals surface area contributed by atoms with Crippen LogP contribution in [0.3, 0.4) is 0 Å². The van der Waals surface area contributed by atoms with E-state index in [0.29, 0.717) is 12.8 Å². The van der Waals surface area contributed by atoms with Gasteiger partial charge in [-0.05, 0) is 6.42 Å². The predicted octanol–water partition coefficient (Wildman–Crippen LogP) is 2.18. The van der Waals surface area contributed by atoms with Crippen molar-refractivity contribution in [3.63, 3.8) is 0 Å². The summed E-state index contributed by atoms with van der Waals surface area (Å²) in [6.07, 6.45) is 1.17. The lowest BCUT2D eigenvalue weighted by molar-refractivity contribution is 0.135. The highest BCUT2D eigenvalue weighted by molar-refractivity contribution is 7.74. The van der Waals surface area contributed by atoms with Gasteiger partial charge in [0.15, 0.2) is 0 Å². The second kappa shape index (κ2) is 4.98. The van der Waals surface area contributed by atoms with Crippen molar-refractivity contribution in [3.05, 3.63) is 0 Å². The largest absolute Gasteiger partial charge is 0.492 e. The average molecular weight is 296 g/mol. The van der Waals surface area contributed by atoms with Gasteiger partial charge in [0.2, 0.25) is 0 Å². The predicted molar refractivity (Wildman–Crippen MR) is 51.4 cm³/mol. The van der Waals surface area contributed by atoms with Crippen molar-refractivity contribution in [2.45, 2.75) is 19.8 Å². The van der Waals surface area contributed by atoms with Gasteiger partial charge in [0, 0.05) is 0 Å². The van der Waals surface area contributed by atoms with Gasteiger partial charge in [-0.1, -0.05) is 13.3 Å². The van der Waals surface area contributed by atoms with Crippen molar-refractivity contribution in [1.29, 1.82) is 0 Å².